The van der Waals surface area contributed by atoms with Crippen LogP contribution < -0.4 is 0 Å². The number of para-hydroxylation sites is 2. The number of nitro benzene ring substituents is 1. The number of alkyl halides is 1. The fraction of sp³-hybridized carbons (Fsp3) is 0.100. The van der Waals surface area contributed by atoms with Crippen molar-refractivity contribution in [2.45, 2.75) is 5.88 Å². The molecule has 0 radical (unpaired) electrons. The topological polar surface area (TPSA) is 61.0 Å². The third-order valence-electron chi connectivity index (χ3n) is 2.11. The normalized spacial score (nSPS) is 10.3. The van der Waals surface area contributed by atoms with Gasteiger partial charge in [0.25, 0.3) is 5.69 Å². The van der Waals surface area contributed by atoms with Gasteiger partial charge in [-0.05, 0) is 12.1 Å². The Bertz CT molecular complexity index is 524. The van der Waals surface area contributed by atoms with Gasteiger partial charge in [-0.3, -0.25) is 10.1 Å². The standard InChI is InChI=1S/C10H8ClN3O2/c11-7-8-5-6-13(12-8)9-3-1-2-4-10(9)14(15)16/h1-6H,7H2. The maximum Gasteiger partial charge on any atom is 0.294 e. The van der Waals surface area contributed by atoms with Gasteiger partial charge in [0.15, 0.2) is 0 Å². The Labute approximate surface area is 96.4 Å². The molecule has 0 spiro atoms. The molecule has 0 aliphatic heterocycles. The molecule has 2 aromatic rings. The molecule has 0 bridgehead atoms. The van der Waals surface area contributed by atoms with Crippen LogP contribution in [0, 0.1) is 10.1 Å². The Kier molecular flexibility index (Phi) is 2.87. The van der Waals surface area contributed by atoms with Gasteiger partial charge in [0.05, 0.1) is 16.5 Å². The Hall–Kier alpha value is -1.88. The van der Waals surface area contributed by atoms with Crippen LogP contribution in [0.25, 0.3) is 5.69 Å². The Balaban J connectivity index is 2.50. The lowest BCUT2D eigenvalue weighted by atomic mass is 10.3. The number of nitrogens with zero attached hydrogens (tertiary/aromatic N) is 3. The minimum atomic E-state index is -0.433. The molecule has 0 saturated heterocycles. The largest absolute Gasteiger partial charge is 0.294 e. The molecule has 16 heavy (non-hydrogen) atoms. The van der Waals surface area contributed by atoms with E-state index in [-0.39, 0.29) is 11.6 Å². The molecule has 5 nitrogen and oxygen atoms in total. The van der Waals surface area contributed by atoms with Crippen LogP contribution in [-0.2, 0) is 5.88 Å². The first kappa shape index (κ1) is 10.6. The summed E-state index contributed by atoms with van der Waals surface area (Å²) in [6.45, 7) is 0. The Morgan fingerprint density at radius 2 is 2.12 bits per heavy atom. The molecule has 1 heterocycles. The van der Waals surface area contributed by atoms with E-state index in [4.69, 9.17) is 11.6 Å². The number of hydrogen-bond donors (Lipinski definition) is 0. The van der Waals surface area contributed by atoms with Crippen LogP contribution in [0.3, 0.4) is 0 Å². The van der Waals surface area contributed by atoms with Crippen molar-refractivity contribution >= 4 is 17.3 Å². The summed E-state index contributed by atoms with van der Waals surface area (Å²) in [4.78, 5) is 10.4. The molecular weight excluding hydrogens is 230 g/mol. The highest BCUT2D eigenvalue weighted by atomic mass is 35.5. The number of hydrogen-bond acceptors (Lipinski definition) is 3. The average Bonchev–Trinajstić information content (AvgIpc) is 2.77. The first-order valence-electron chi connectivity index (χ1n) is 4.56. The summed E-state index contributed by atoms with van der Waals surface area (Å²) >= 11 is 5.62. The van der Waals surface area contributed by atoms with E-state index in [0.717, 1.165) is 0 Å². The van der Waals surface area contributed by atoms with Crippen molar-refractivity contribution in [3.05, 3.63) is 52.3 Å². The molecule has 0 aliphatic rings. The van der Waals surface area contributed by atoms with Crippen LogP contribution in [0.2, 0.25) is 0 Å². The summed E-state index contributed by atoms with van der Waals surface area (Å²) in [5.74, 6) is 0.285. The number of nitro groups is 1. The SMILES string of the molecule is O=[N+]([O-])c1ccccc1-n1ccc(CCl)n1. The fourth-order valence-electron chi connectivity index (χ4n) is 1.38. The molecule has 6 heteroatoms. The molecule has 82 valence electrons. The molecule has 1 aromatic carbocycles. The number of rotatable bonds is 3. The maximum atomic E-state index is 10.8. The van der Waals surface area contributed by atoms with E-state index in [1.807, 2.05) is 0 Å². The van der Waals surface area contributed by atoms with Crippen molar-refractivity contribution < 1.29 is 4.92 Å². The average molecular weight is 238 g/mol. The van der Waals surface area contributed by atoms with Crippen LogP contribution in [0.4, 0.5) is 5.69 Å². The predicted molar refractivity (Wildman–Crippen MR) is 59.8 cm³/mol. The molecule has 0 fully saturated rings. The smallest absolute Gasteiger partial charge is 0.258 e. The molecule has 0 aliphatic carbocycles. The van der Waals surface area contributed by atoms with Gasteiger partial charge in [0.2, 0.25) is 0 Å². The van der Waals surface area contributed by atoms with Gasteiger partial charge in [-0.2, -0.15) is 5.10 Å². The lowest BCUT2D eigenvalue weighted by Gasteiger charge is -2.01. The zero-order chi connectivity index (χ0) is 11.5. The molecule has 0 N–H and O–H groups in total. The van der Waals surface area contributed by atoms with E-state index in [9.17, 15) is 10.1 Å². The molecule has 0 atom stereocenters. The van der Waals surface area contributed by atoms with Crippen LogP contribution in [0.15, 0.2) is 36.5 Å². The minimum absolute atomic E-state index is 0.0201. The summed E-state index contributed by atoms with van der Waals surface area (Å²) in [5, 5.41) is 14.9. The van der Waals surface area contributed by atoms with E-state index < -0.39 is 4.92 Å². The van der Waals surface area contributed by atoms with Gasteiger partial charge < -0.3 is 0 Å². The van der Waals surface area contributed by atoms with E-state index in [1.54, 1.807) is 30.5 Å². The van der Waals surface area contributed by atoms with Gasteiger partial charge in [-0.1, -0.05) is 12.1 Å². The van der Waals surface area contributed by atoms with Crippen molar-refractivity contribution in [1.29, 1.82) is 0 Å². The van der Waals surface area contributed by atoms with Crippen molar-refractivity contribution in [1.82, 2.24) is 9.78 Å². The predicted octanol–water partition coefficient (Wildman–Crippen LogP) is 2.52. The first-order chi connectivity index (χ1) is 7.72. The highest BCUT2D eigenvalue weighted by molar-refractivity contribution is 6.16. The van der Waals surface area contributed by atoms with E-state index in [1.165, 1.54) is 10.7 Å². The van der Waals surface area contributed by atoms with E-state index >= 15 is 0 Å². The summed E-state index contributed by atoms with van der Waals surface area (Å²) in [6, 6.07) is 8.15. The zero-order valence-electron chi connectivity index (χ0n) is 8.21. The van der Waals surface area contributed by atoms with Crippen molar-refractivity contribution in [2.75, 3.05) is 0 Å². The van der Waals surface area contributed by atoms with Gasteiger partial charge in [0.1, 0.15) is 5.69 Å². The highest BCUT2D eigenvalue weighted by Crippen LogP contribution is 2.21. The third-order valence-corrected chi connectivity index (χ3v) is 2.38. The third kappa shape index (κ3) is 1.90. The maximum absolute atomic E-state index is 10.8. The van der Waals surface area contributed by atoms with Gasteiger partial charge in [-0.25, -0.2) is 4.68 Å². The van der Waals surface area contributed by atoms with Crippen LogP contribution >= 0.6 is 11.6 Å². The van der Waals surface area contributed by atoms with Crippen LogP contribution in [-0.4, -0.2) is 14.7 Å². The fourth-order valence-corrected chi connectivity index (χ4v) is 1.52. The Morgan fingerprint density at radius 3 is 2.75 bits per heavy atom. The molecule has 0 saturated carbocycles. The summed E-state index contributed by atoms with van der Waals surface area (Å²) in [5.41, 5.74) is 1.13. The summed E-state index contributed by atoms with van der Waals surface area (Å²) in [6.07, 6.45) is 1.65. The lowest BCUT2D eigenvalue weighted by Crippen LogP contribution is -2.00. The molecular formula is C10H8ClN3O2. The summed E-state index contributed by atoms with van der Waals surface area (Å²) in [7, 11) is 0. The van der Waals surface area contributed by atoms with Gasteiger partial charge in [0, 0.05) is 12.3 Å². The highest BCUT2D eigenvalue weighted by Gasteiger charge is 2.14. The monoisotopic (exact) mass is 237 g/mol. The quantitative estimate of drug-likeness (QED) is 0.468. The summed E-state index contributed by atoms with van der Waals surface area (Å²) < 4.78 is 1.45. The van der Waals surface area contributed by atoms with Crippen molar-refractivity contribution in [2.24, 2.45) is 0 Å². The van der Waals surface area contributed by atoms with Gasteiger partial charge >= 0.3 is 0 Å². The zero-order valence-corrected chi connectivity index (χ0v) is 8.96. The second-order valence-electron chi connectivity index (χ2n) is 3.13. The van der Waals surface area contributed by atoms with Gasteiger partial charge in [-0.15, -0.1) is 11.6 Å². The second kappa shape index (κ2) is 4.32. The van der Waals surface area contributed by atoms with E-state index in [2.05, 4.69) is 5.10 Å². The number of halogens is 1. The Morgan fingerprint density at radius 1 is 1.38 bits per heavy atom. The number of aromatic nitrogens is 2. The lowest BCUT2D eigenvalue weighted by molar-refractivity contribution is -0.384. The molecule has 0 amide bonds. The molecule has 1 aromatic heterocycles. The number of benzene rings is 1. The van der Waals surface area contributed by atoms with Crippen LogP contribution in [0.5, 0.6) is 0 Å². The van der Waals surface area contributed by atoms with E-state index in [0.29, 0.717) is 11.4 Å². The molecule has 0 unspecified atom stereocenters. The molecule has 2 rings (SSSR count). The minimum Gasteiger partial charge on any atom is -0.258 e. The van der Waals surface area contributed by atoms with Crippen molar-refractivity contribution in [3.63, 3.8) is 0 Å². The second-order valence-corrected chi connectivity index (χ2v) is 3.40. The van der Waals surface area contributed by atoms with Crippen LogP contribution in [0.1, 0.15) is 5.69 Å². The van der Waals surface area contributed by atoms with Crippen molar-refractivity contribution in [3.8, 4) is 5.69 Å². The first-order valence-corrected chi connectivity index (χ1v) is 5.10.